The Morgan fingerprint density at radius 2 is 1.80 bits per heavy atom. The lowest BCUT2D eigenvalue weighted by atomic mass is 9.85. The molecule has 3 heterocycles. The third kappa shape index (κ3) is 4.39. The number of carbonyl (C=O) groups excluding carboxylic acids is 1. The molecule has 0 amide bonds. The number of hydrogen-bond donors (Lipinski definition) is 5. The quantitative estimate of drug-likeness (QED) is 0.174. The van der Waals surface area contributed by atoms with Crippen LogP contribution >= 0.6 is 0 Å². The van der Waals surface area contributed by atoms with Crippen LogP contribution in [0.3, 0.4) is 0 Å². The third-order valence-corrected chi connectivity index (χ3v) is 7.05. The van der Waals surface area contributed by atoms with E-state index < -0.39 is 79.2 Å². The average Bonchev–Trinajstić information content (AvgIpc) is 3.57. The van der Waals surface area contributed by atoms with Gasteiger partial charge in [-0.25, -0.2) is 4.79 Å². The van der Waals surface area contributed by atoms with Gasteiger partial charge < -0.3 is 49.2 Å². The molecule has 0 spiro atoms. The van der Waals surface area contributed by atoms with E-state index in [-0.39, 0.29) is 6.61 Å². The molecule has 1 aromatic rings. The normalized spacial score (nSPS) is 43.9. The molecule has 1 aliphatic carbocycles. The molecule has 11 atom stereocenters. The average molecular weight is 492 g/mol. The molecular formula is C24H28O11. The van der Waals surface area contributed by atoms with Gasteiger partial charge in [-0.2, -0.15) is 0 Å². The second-order valence-corrected chi connectivity index (χ2v) is 9.10. The van der Waals surface area contributed by atoms with Crippen LogP contribution in [0.2, 0.25) is 0 Å². The Morgan fingerprint density at radius 1 is 1.03 bits per heavy atom. The van der Waals surface area contributed by atoms with E-state index in [0.29, 0.717) is 0 Å². The lowest BCUT2D eigenvalue weighted by Gasteiger charge is -2.43. The van der Waals surface area contributed by atoms with Crippen molar-refractivity contribution in [1.82, 2.24) is 0 Å². The van der Waals surface area contributed by atoms with Crippen molar-refractivity contribution in [3.05, 3.63) is 54.3 Å². The highest BCUT2D eigenvalue weighted by molar-refractivity contribution is 5.87. The van der Waals surface area contributed by atoms with Crippen LogP contribution in [0.15, 0.2) is 48.7 Å². The molecule has 5 rings (SSSR count). The Bertz CT molecular complexity index is 967. The van der Waals surface area contributed by atoms with Crippen LogP contribution in [0.1, 0.15) is 5.56 Å². The Morgan fingerprint density at radius 3 is 2.54 bits per heavy atom. The molecule has 190 valence electrons. The van der Waals surface area contributed by atoms with Crippen molar-refractivity contribution in [3.8, 4) is 0 Å². The number of epoxide rings is 1. The van der Waals surface area contributed by atoms with Crippen LogP contribution < -0.4 is 0 Å². The molecule has 0 bridgehead atoms. The molecule has 1 saturated carbocycles. The maximum Gasteiger partial charge on any atom is 0.330 e. The van der Waals surface area contributed by atoms with Gasteiger partial charge in [0.05, 0.1) is 24.9 Å². The van der Waals surface area contributed by atoms with Gasteiger partial charge in [-0.1, -0.05) is 30.3 Å². The first kappa shape index (κ1) is 24.3. The predicted molar refractivity (Wildman–Crippen MR) is 116 cm³/mol. The number of benzene rings is 1. The van der Waals surface area contributed by atoms with Crippen LogP contribution in [-0.4, -0.2) is 99.5 Å². The fraction of sp³-hybridized carbons (Fsp3) is 0.542. The van der Waals surface area contributed by atoms with E-state index in [2.05, 4.69) is 0 Å². The van der Waals surface area contributed by atoms with Gasteiger partial charge >= 0.3 is 5.97 Å². The minimum Gasteiger partial charge on any atom is -0.472 e. The molecule has 0 aromatic heterocycles. The zero-order chi connectivity index (χ0) is 24.7. The highest BCUT2D eigenvalue weighted by atomic mass is 16.8. The molecule has 11 nitrogen and oxygen atoms in total. The second kappa shape index (κ2) is 9.60. The minimum atomic E-state index is -1.65. The third-order valence-electron chi connectivity index (χ3n) is 7.05. The number of hydrogen-bond acceptors (Lipinski definition) is 11. The first-order valence-corrected chi connectivity index (χ1v) is 11.4. The summed E-state index contributed by atoms with van der Waals surface area (Å²) in [5, 5.41) is 51.5. The Kier molecular flexibility index (Phi) is 6.68. The van der Waals surface area contributed by atoms with Crippen molar-refractivity contribution in [2.75, 3.05) is 13.2 Å². The Labute approximate surface area is 200 Å². The van der Waals surface area contributed by atoms with E-state index in [1.807, 2.05) is 30.3 Å². The zero-order valence-electron chi connectivity index (χ0n) is 18.6. The maximum atomic E-state index is 12.1. The Balaban J connectivity index is 1.22. The zero-order valence-corrected chi connectivity index (χ0v) is 18.6. The molecule has 3 aliphatic heterocycles. The monoisotopic (exact) mass is 492 g/mol. The number of aliphatic hydroxyl groups is 5. The topological polar surface area (TPSA) is 168 Å². The number of rotatable bonds is 7. The summed E-state index contributed by atoms with van der Waals surface area (Å²) >= 11 is 0. The van der Waals surface area contributed by atoms with E-state index in [9.17, 15) is 30.3 Å². The lowest BCUT2D eigenvalue weighted by Crippen LogP contribution is -2.60. The van der Waals surface area contributed by atoms with E-state index >= 15 is 0 Å². The lowest BCUT2D eigenvalue weighted by molar-refractivity contribution is -0.344. The van der Waals surface area contributed by atoms with Crippen molar-refractivity contribution in [2.45, 2.75) is 54.8 Å². The van der Waals surface area contributed by atoms with Gasteiger partial charge in [-0.15, -0.1) is 0 Å². The number of fused-ring (bicyclic) bond motifs is 3. The number of carbonyl (C=O) groups is 1. The highest BCUT2D eigenvalue weighted by Crippen LogP contribution is 2.59. The van der Waals surface area contributed by atoms with Gasteiger partial charge in [0.2, 0.25) is 6.29 Å². The summed E-state index contributed by atoms with van der Waals surface area (Å²) in [6, 6.07) is 9.11. The maximum absolute atomic E-state index is 12.1. The number of ether oxygens (including phenoxy) is 5. The second-order valence-electron chi connectivity index (χ2n) is 9.10. The number of aliphatic hydroxyl groups excluding tert-OH is 5. The molecule has 5 N–H and O–H groups in total. The van der Waals surface area contributed by atoms with Crippen molar-refractivity contribution in [2.24, 2.45) is 11.8 Å². The molecule has 2 saturated heterocycles. The first-order valence-electron chi connectivity index (χ1n) is 11.4. The van der Waals surface area contributed by atoms with Crippen LogP contribution in [-0.2, 0) is 28.5 Å². The summed E-state index contributed by atoms with van der Waals surface area (Å²) in [4.78, 5) is 12.1. The SMILES string of the molecule is O=C(/C=C/c1ccccc1)OC[C@H]1O[C@@H](OC2OC=C[C@@H]3C(O)C4OC4(CO)[C@H]23)[C@H](O)[C@H](O)[C@@H]1O. The van der Waals surface area contributed by atoms with E-state index in [4.69, 9.17) is 23.7 Å². The molecule has 11 heteroatoms. The first-order chi connectivity index (χ1) is 16.9. The summed E-state index contributed by atoms with van der Waals surface area (Å²) in [6.07, 6.45) is -4.23. The van der Waals surface area contributed by atoms with Gasteiger partial charge in [0, 0.05) is 12.0 Å². The molecule has 4 unspecified atom stereocenters. The van der Waals surface area contributed by atoms with Crippen molar-refractivity contribution >= 4 is 12.0 Å². The van der Waals surface area contributed by atoms with Crippen molar-refractivity contribution in [1.29, 1.82) is 0 Å². The molecule has 3 fully saturated rings. The Hall–Kier alpha value is -2.35. The summed E-state index contributed by atoms with van der Waals surface area (Å²) in [7, 11) is 0. The molecule has 35 heavy (non-hydrogen) atoms. The highest BCUT2D eigenvalue weighted by Gasteiger charge is 2.75. The fourth-order valence-electron chi connectivity index (χ4n) is 5.10. The largest absolute Gasteiger partial charge is 0.472 e. The summed E-state index contributed by atoms with van der Waals surface area (Å²) in [5.74, 6) is -1.70. The van der Waals surface area contributed by atoms with Crippen LogP contribution in [0.25, 0.3) is 6.08 Å². The van der Waals surface area contributed by atoms with Gasteiger partial charge in [0.15, 0.2) is 6.29 Å². The summed E-state index contributed by atoms with van der Waals surface area (Å²) < 4.78 is 27.7. The van der Waals surface area contributed by atoms with E-state index in [1.165, 1.54) is 12.3 Å². The standard InChI is InChI=1S/C24H28O11/c25-11-24-16-13(17(27)21(24)35-24)8-9-31-22(16)34-23-20(30)19(29)18(28)14(33-23)10-32-15(26)7-6-12-4-2-1-3-5-12/h1-9,13-14,16-23,25,27-30H,10-11H2/b7-6+/t13-,14+,16-,17?,18+,19+,20+,21?,22?,23-,24?/m0/s1. The van der Waals surface area contributed by atoms with Crippen molar-refractivity contribution < 1.29 is 54.0 Å². The van der Waals surface area contributed by atoms with Gasteiger partial charge in [-0.3, -0.25) is 0 Å². The van der Waals surface area contributed by atoms with E-state index in [0.717, 1.165) is 5.56 Å². The minimum absolute atomic E-state index is 0.364. The van der Waals surface area contributed by atoms with Gasteiger partial charge in [0.1, 0.15) is 42.7 Å². The molecule has 4 aliphatic rings. The molecular weight excluding hydrogens is 464 g/mol. The molecule has 0 radical (unpaired) electrons. The van der Waals surface area contributed by atoms with Crippen LogP contribution in [0, 0.1) is 11.8 Å². The number of esters is 1. The predicted octanol–water partition coefficient (Wildman–Crippen LogP) is -1.33. The smallest absolute Gasteiger partial charge is 0.330 e. The van der Waals surface area contributed by atoms with Crippen LogP contribution in [0.5, 0.6) is 0 Å². The summed E-state index contributed by atoms with van der Waals surface area (Å²) in [6.45, 7) is -0.776. The van der Waals surface area contributed by atoms with Crippen molar-refractivity contribution in [3.63, 3.8) is 0 Å². The van der Waals surface area contributed by atoms with Gasteiger partial charge in [-0.05, 0) is 17.7 Å². The van der Waals surface area contributed by atoms with Gasteiger partial charge in [0.25, 0.3) is 0 Å². The summed E-state index contributed by atoms with van der Waals surface area (Å²) in [5.41, 5.74) is -0.248. The van der Waals surface area contributed by atoms with Crippen LogP contribution in [0.4, 0.5) is 0 Å². The fourth-order valence-corrected chi connectivity index (χ4v) is 5.10. The molecule has 1 aromatic carbocycles. The van der Waals surface area contributed by atoms with E-state index in [1.54, 1.807) is 12.2 Å².